The number of ether oxygens (including phenoxy) is 1. The maximum atomic E-state index is 12.7. The minimum absolute atomic E-state index is 0.0710. The van der Waals surface area contributed by atoms with E-state index in [1.54, 1.807) is 43.5 Å². The van der Waals surface area contributed by atoms with E-state index < -0.39 is 10.0 Å². The molecule has 1 aliphatic heterocycles. The van der Waals surface area contributed by atoms with Crippen LogP contribution in [-0.2, 0) is 14.8 Å². The van der Waals surface area contributed by atoms with E-state index in [9.17, 15) is 13.2 Å². The summed E-state index contributed by atoms with van der Waals surface area (Å²) in [4.78, 5) is 14.5. The van der Waals surface area contributed by atoms with Gasteiger partial charge in [0.05, 0.1) is 16.9 Å². The minimum atomic E-state index is -3.93. The van der Waals surface area contributed by atoms with Gasteiger partial charge in [-0.2, -0.15) is 8.42 Å². The molecule has 0 aliphatic carbocycles. The molecule has 0 saturated carbocycles. The highest BCUT2D eigenvalue weighted by Gasteiger charge is 2.34. The van der Waals surface area contributed by atoms with Gasteiger partial charge in [-0.05, 0) is 47.7 Å². The first kappa shape index (κ1) is 19.9. The molecule has 3 rings (SSSR count). The molecule has 0 bridgehead atoms. The summed E-state index contributed by atoms with van der Waals surface area (Å²) >= 11 is 1.02. The first-order valence-electron chi connectivity index (χ1n) is 8.31. The summed E-state index contributed by atoms with van der Waals surface area (Å²) in [6.45, 7) is 3.80. The summed E-state index contributed by atoms with van der Waals surface area (Å²) in [5.41, 5.74) is 0.794. The van der Waals surface area contributed by atoms with Crippen molar-refractivity contribution in [2.45, 2.75) is 4.90 Å². The molecule has 6 nitrogen and oxygen atoms in total. The van der Waals surface area contributed by atoms with Crippen molar-refractivity contribution in [3.05, 3.63) is 77.7 Å². The van der Waals surface area contributed by atoms with Gasteiger partial charge in [0.15, 0.2) is 5.17 Å². The highest BCUT2D eigenvalue weighted by Crippen LogP contribution is 2.33. The van der Waals surface area contributed by atoms with Crippen molar-refractivity contribution in [1.82, 2.24) is 4.90 Å². The van der Waals surface area contributed by atoms with Crippen molar-refractivity contribution in [1.29, 1.82) is 0 Å². The molecule has 28 heavy (non-hydrogen) atoms. The van der Waals surface area contributed by atoms with Crippen LogP contribution in [0.2, 0.25) is 0 Å². The third kappa shape index (κ3) is 4.35. The van der Waals surface area contributed by atoms with Crippen LogP contribution in [0.3, 0.4) is 0 Å². The molecule has 8 heteroatoms. The number of benzene rings is 2. The van der Waals surface area contributed by atoms with E-state index in [0.29, 0.717) is 10.7 Å². The zero-order valence-electron chi connectivity index (χ0n) is 15.1. The van der Waals surface area contributed by atoms with Gasteiger partial charge >= 0.3 is 0 Å². The van der Waals surface area contributed by atoms with E-state index in [4.69, 9.17) is 4.74 Å². The fourth-order valence-electron chi connectivity index (χ4n) is 2.47. The quantitative estimate of drug-likeness (QED) is 0.534. The number of thioether (sulfide) groups is 1. The predicted molar refractivity (Wildman–Crippen MR) is 112 cm³/mol. The van der Waals surface area contributed by atoms with Gasteiger partial charge in [0.2, 0.25) is 0 Å². The lowest BCUT2D eigenvalue weighted by molar-refractivity contribution is -0.121. The molecule has 0 atom stereocenters. The van der Waals surface area contributed by atoms with Crippen molar-refractivity contribution in [2.75, 3.05) is 13.7 Å². The number of nitrogens with zero attached hydrogens (tertiary/aromatic N) is 2. The largest absolute Gasteiger partial charge is 0.497 e. The number of carbonyl (C=O) groups is 1. The number of rotatable bonds is 6. The Bertz CT molecular complexity index is 1040. The molecular formula is C20H18N2O4S2. The van der Waals surface area contributed by atoms with Gasteiger partial charge in [0, 0.05) is 6.54 Å². The SMILES string of the molecule is C=CCN1C(=O)/C(=C/c2ccc(OC)cc2)S/C1=N/S(=O)(=O)c1ccccc1. The Kier molecular flexibility index (Phi) is 6.01. The van der Waals surface area contributed by atoms with Crippen molar-refractivity contribution in [3.8, 4) is 5.75 Å². The Morgan fingerprint density at radius 2 is 1.82 bits per heavy atom. The number of methoxy groups -OCH3 is 1. The van der Waals surface area contributed by atoms with E-state index in [0.717, 1.165) is 17.3 Å². The molecular weight excluding hydrogens is 396 g/mol. The zero-order valence-corrected chi connectivity index (χ0v) is 16.7. The molecule has 0 N–H and O–H groups in total. The van der Waals surface area contributed by atoms with Crippen LogP contribution in [-0.4, -0.2) is 38.0 Å². The molecule has 0 aromatic heterocycles. The van der Waals surface area contributed by atoms with Crippen molar-refractivity contribution in [3.63, 3.8) is 0 Å². The van der Waals surface area contributed by atoms with E-state index in [-0.39, 0.29) is 22.5 Å². The monoisotopic (exact) mass is 414 g/mol. The lowest BCUT2D eigenvalue weighted by atomic mass is 10.2. The summed E-state index contributed by atoms with van der Waals surface area (Å²) in [5.74, 6) is 0.389. The number of sulfonamides is 1. The molecule has 2 aromatic carbocycles. The van der Waals surface area contributed by atoms with Crippen LogP contribution in [0.15, 0.2) is 81.5 Å². The van der Waals surface area contributed by atoms with Gasteiger partial charge in [0.25, 0.3) is 15.9 Å². The molecule has 1 heterocycles. The minimum Gasteiger partial charge on any atom is -0.497 e. The lowest BCUT2D eigenvalue weighted by Crippen LogP contribution is -2.29. The second kappa shape index (κ2) is 8.45. The third-order valence-electron chi connectivity index (χ3n) is 3.85. The average molecular weight is 415 g/mol. The van der Waals surface area contributed by atoms with E-state index >= 15 is 0 Å². The van der Waals surface area contributed by atoms with Crippen molar-refractivity contribution in [2.24, 2.45) is 4.40 Å². The van der Waals surface area contributed by atoms with Crippen LogP contribution in [0.4, 0.5) is 0 Å². The van der Waals surface area contributed by atoms with Crippen LogP contribution in [0.1, 0.15) is 5.56 Å². The fraction of sp³-hybridized carbons (Fsp3) is 0.100. The van der Waals surface area contributed by atoms with Gasteiger partial charge < -0.3 is 4.74 Å². The molecule has 1 fully saturated rings. The summed E-state index contributed by atoms with van der Waals surface area (Å²) in [7, 11) is -2.35. The van der Waals surface area contributed by atoms with Crippen LogP contribution >= 0.6 is 11.8 Å². The molecule has 1 saturated heterocycles. The normalized spacial score (nSPS) is 17.3. The fourth-order valence-corrected chi connectivity index (χ4v) is 4.68. The summed E-state index contributed by atoms with van der Waals surface area (Å²) < 4.78 is 34.2. The van der Waals surface area contributed by atoms with Gasteiger partial charge in [-0.15, -0.1) is 11.0 Å². The van der Waals surface area contributed by atoms with E-state index in [1.807, 2.05) is 12.1 Å². The Hall–Kier alpha value is -2.84. The van der Waals surface area contributed by atoms with Crippen LogP contribution in [0.25, 0.3) is 6.08 Å². The smallest absolute Gasteiger partial charge is 0.284 e. The number of hydrogen-bond donors (Lipinski definition) is 0. The van der Waals surface area contributed by atoms with Crippen molar-refractivity contribution < 1.29 is 17.9 Å². The summed E-state index contributed by atoms with van der Waals surface area (Å²) in [5, 5.41) is 0.105. The van der Waals surface area contributed by atoms with Gasteiger partial charge in [-0.1, -0.05) is 36.4 Å². The Morgan fingerprint density at radius 3 is 2.43 bits per heavy atom. The maximum Gasteiger partial charge on any atom is 0.284 e. The van der Waals surface area contributed by atoms with Crippen molar-refractivity contribution >= 4 is 38.9 Å². The third-order valence-corrected chi connectivity index (χ3v) is 6.26. The van der Waals surface area contributed by atoms with Gasteiger partial charge in [0.1, 0.15) is 5.75 Å². The van der Waals surface area contributed by atoms with Crippen LogP contribution in [0, 0.1) is 0 Å². The Labute approximate surface area is 168 Å². The van der Waals surface area contributed by atoms with Gasteiger partial charge in [-0.25, -0.2) is 0 Å². The second-order valence-electron chi connectivity index (χ2n) is 5.75. The number of amidine groups is 1. The number of hydrogen-bond acceptors (Lipinski definition) is 5. The molecule has 2 aromatic rings. The topological polar surface area (TPSA) is 76.0 Å². The standard InChI is InChI=1S/C20H18N2O4S2/c1-3-13-22-19(23)18(14-15-9-11-16(26-2)12-10-15)27-20(22)21-28(24,25)17-7-5-4-6-8-17/h3-12,14H,1,13H2,2H3/b18-14-,21-20+. The molecule has 1 amide bonds. The number of carbonyl (C=O) groups excluding carboxylic acids is 1. The molecule has 144 valence electrons. The molecule has 0 unspecified atom stereocenters. The first-order chi connectivity index (χ1) is 13.4. The van der Waals surface area contributed by atoms with E-state index in [2.05, 4.69) is 11.0 Å². The predicted octanol–water partition coefficient (Wildman–Crippen LogP) is 3.54. The Balaban J connectivity index is 1.96. The zero-order chi connectivity index (χ0) is 20.1. The highest BCUT2D eigenvalue weighted by atomic mass is 32.2. The first-order valence-corrected chi connectivity index (χ1v) is 10.6. The highest BCUT2D eigenvalue weighted by molar-refractivity contribution is 8.19. The summed E-state index contributed by atoms with van der Waals surface area (Å²) in [6.07, 6.45) is 3.22. The average Bonchev–Trinajstić information content (AvgIpc) is 2.98. The molecule has 1 aliphatic rings. The molecule has 0 spiro atoms. The second-order valence-corrected chi connectivity index (χ2v) is 8.36. The van der Waals surface area contributed by atoms with Crippen LogP contribution in [0.5, 0.6) is 5.75 Å². The molecule has 0 radical (unpaired) electrons. The van der Waals surface area contributed by atoms with Gasteiger partial charge in [-0.3, -0.25) is 9.69 Å². The maximum absolute atomic E-state index is 12.7. The summed E-state index contributed by atoms with van der Waals surface area (Å²) in [6, 6.07) is 15.1. The van der Waals surface area contributed by atoms with E-state index in [1.165, 1.54) is 23.1 Å². The number of amides is 1. The van der Waals surface area contributed by atoms with Crippen LogP contribution < -0.4 is 4.74 Å². The lowest BCUT2D eigenvalue weighted by Gasteiger charge is -2.12. The Morgan fingerprint density at radius 1 is 1.14 bits per heavy atom.